The summed E-state index contributed by atoms with van der Waals surface area (Å²) < 4.78 is 0.781. The number of hydrogen-bond acceptors (Lipinski definition) is 7. The van der Waals surface area contributed by atoms with Crippen LogP contribution in [0.5, 0.6) is 0 Å². The number of aromatic amines is 2. The molecular weight excluding hydrogens is 414 g/mol. The summed E-state index contributed by atoms with van der Waals surface area (Å²) in [6, 6.07) is 11.1. The van der Waals surface area contributed by atoms with E-state index in [1.165, 1.54) is 0 Å². The highest BCUT2D eigenvalue weighted by Gasteiger charge is 2.18. The van der Waals surface area contributed by atoms with Crippen molar-refractivity contribution in [1.82, 2.24) is 14.5 Å². The van der Waals surface area contributed by atoms with Crippen molar-refractivity contribution in [2.45, 2.75) is 32.4 Å². The van der Waals surface area contributed by atoms with E-state index < -0.39 is 29.2 Å². The first-order valence-electron chi connectivity index (χ1n) is 9.73. The minimum atomic E-state index is -0.908. The molecule has 10 nitrogen and oxygen atoms in total. The molecule has 1 heterocycles. The van der Waals surface area contributed by atoms with Gasteiger partial charge < -0.3 is 0 Å². The number of nitrogens with one attached hydrogen (secondary N) is 2. The Hall–Kier alpha value is -4.39. The van der Waals surface area contributed by atoms with Crippen LogP contribution < -0.4 is 17.1 Å². The minimum Gasteiger partial charge on any atom is -0.258 e. The molecule has 0 spiro atoms. The van der Waals surface area contributed by atoms with Crippen LogP contribution >= 0.6 is 0 Å². The lowest BCUT2D eigenvalue weighted by Crippen LogP contribution is -2.42. The number of nitrogens with zero attached hydrogens (tertiary/aromatic N) is 3. The molecule has 0 amide bonds. The third kappa shape index (κ3) is 4.52. The summed E-state index contributed by atoms with van der Waals surface area (Å²) in [5.41, 5.74) is 0.321. The average Bonchev–Trinajstić information content (AvgIpc) is 2.77. The molecule has 32 heavy (non-hydrogen) atoms. The molecule has 0 radical (unpaired) electrons. The number of benzene rings is 2. The van der Waals surface area contributed by atoms with Crippen molar-refractivity contribution >= 4 is 12.2 Å². The molecule has 3 rings (SSSR count). The molecule has 0 aliphatic rings. The van der Waals surface area contributed by atoms with E-state index in [-0.39, 0.29) is 5.69 Å². The first kappa shape index (κ1) is 22.3. The number of carbonyl (C=O) groups excluding carboxylic acids is 2. The average molecular weight is 433 g/mol. The van der Waals surface area contributed by atoms with Crippen LogP contribution in [0, 0.1) is 0 Å². The molecule has 2 N–H and O–H groups in total. The van der Waals surface area contributed by atoms with Gasteiger partial charge in [0, 0.05) is 0 Å². The second kappa shape index (κ2) is 9.61. The van der Waals surface area contributed by atoms with Gasteiger partial charge in [-0.05, 0) is 53.8 Å². The molecule has 0 bridgehead atoms. The zero-order valence-electron chi connectivity index (χ0n) is 17.3. The lowest BCUT2D eigenvalue weighted by molar-refractivity contribution is 0.556. The number of aromatic nitrogens is 3. The molecule has 2 aromatic carbocycles. The number of isocyanates is 2. The molecule has 1 aromatic heterocycles. The molecule has 0 fully saturated rings. The highest BCUT2D eigenvalue weighted by atomic mass is 16.2. The Bertz CT molecular complexity index is 1390. The van der Waals surface area contributed by atoms with E-state index in [0.29, 0.717) is 17.5 Å². The first-order valence-corrected chi connectivity index (χ1v) is 9.73. The van der Waals surface area contributed by atoms with E-state index >= 15 is 0 Å². The zero-order chi connectivity index (χ0) is 23.3. The largest absolute Gasteiger partial charge is 0.338 e. The Kier molecular flexibility index (Phi) is 6.70. The van der Waals surface area contributed by atoms with Gasteiger partial charge in [-0.3, -0.25) is 9.97 Å². The maximum absolute atomic E-state index is 12.2. The normalized spacial score (nSPS) is 12.3. The van der Waals surface area contributed by atoms with E-state index in [1.807, 2.05) is 35.1 Å². The standard InChI is InChI=1S/C22H19N5O5/c1-3-19(24-12-29)18-10-16(27-21(31)25-20(30)26-22(27)32)7-8-17(18)15-6-4-5-14(9-15)13(2)23-11-28/h4-10,13,19H,3H2,1-2H3,(H2,25,26,30,31,32). The molecule has 0 aliphatic carbocycles. The summed E-state index contributed by atoms with van der Waals surface area (Å²) in [4.78, 5) is 69.1. The smallest absolute Gasteiger partial charge is 0.258 e. The Morgan fingerprint density at radius 3 is 2.28 bits per heavy atom. The molecule has 0 aliphatic heterocycles. The third-order valence-electron chi connectivity index (χ3n) is 5.02. The van der Waals surface area contributed by atoms with Gasteiger partial charge in [-0.1, -0.05) is 31.2 Å². The Morgan fingerprint density at radius 2 is 1.66 bits per heavy atom. The van der Waals surface area contributed by atoms with Gasteiger partial charge in [0.1, 0.15) is 0 Å². The summed E-state index contributed by atoms with van der Waals surface area (Å²) in [5, 5.41) is 0. The van der Waals surface area contributed by atoms with Gasteiger partial charge in [-0.2, -0.15) is 9.98 Å². The van der Waals surface area contributed by atoms with Crippen LogP contribution in [0.25, 0.3) is 16.8 Å². The van der Waals surface area contributed by atoms with Crippen molar-refractivity contribution in [2.24, 2.45) is 9.98 Å². The maximum Gasteiger partial charge on any atom is 0.338 e. The van der Waals surface area contributed by atoms with Gasteiger partial charge in [-0.25, -0.2) is 28.5 Å². The van der Waals surface area contributed by atoms with E-state index in [4.69, 9.17) is 0 Å². The Morgan fingerprint density at radius 1 is 0.969 bits per heavy atom. The van der Waals surface area contributed by atoms with Gasteiger partial charge in [0.15, 0.2) is 0 Å². The fourth-order valence-electron chi connectivity index (χ4n) is 3.46. The molecule has 0 saturated heterocycles. The van der Waals surface area contributed by atoms with Crippen molar-refractivity contribution in [3.63, 3.8) is 0 Å². The summed E-state index contributed by atoms with van der Waals surface area (Å²) in [7, 11) is 0. The van der Waals surface area contributed by atoms with E-state index in [1.54, 1.807) is 43.3 Å². The summed E-state index contributed by atoms with van der Waals surface area (Å²) in [6.07, 6.45) is 3.56. The van der Waals surface area contributed by atoms with Crippen molar-refractivity contribution in [3.8, 4) is 16.8 Å². The fourth-order valence-corrected chi connectivity index (χ4v) is 3.46. The van der Waals surface area contributed by atoms with E-state index in [2.05, 4.69) is 9.98 Å². The van der Waals surface area contributed by atoms with Crippen LogP contribution in [0.3, 0.4) is 0 Å². The van der Waals surface area contributed by atoms with Crippen LogP contribution in [0.15, 0.2) is 66.8 Å². The van der Waals surface area contributed by atoms with Crippen molar-refractivity contribution in [1.29, 1.82) is 0 Å². The monoisotopic (exact) mass is 433 g/mol. The number of rotatable bonds is 7. The van der Waals surface area contributed by atoms with Gasteiger partial charge >= 0.3 is 17.1 Å². The second-order valence-electron chi connectivity index (χ2n) is 6.96. The summed E-state index contributed by atoms with van der Waals surface area (Å²) >= 11 is 0. The molecular formula is C22H19N5O5. The van der Waals surface area contributed by atoms with Gasteiger partial charge in [0.25, 0.3) is 0 Å². The number of hydrogen-bond donors (Lipinski definition) is 2. The number of aliphatic imine (C=N–C) groups is 2. The van der Waals surface area contributed by atoms with Crippen molar-refractivity contribution in [2.75, 3.05) is 0 Å². The summed E-state index contributed by atoms with van der Waals surface area (Å²) in [6.45, 7) is 3.59. The molecule has 2 atom stereocenters. The van der Waals surface area contributed by atoms with Crippen molar-refractivity contribution < 1.29 is 9.59 Å². The highest BCUT2D eigenvalue weighted by Crippen LogP contribution is 2.34. The quantitative estimate of drug-likeness (QED) is 0.432. The number of H-pyrrole nitrogens is 2. The van der Waals surface area contributed by atoms with Crippen LogP contribution in [-0.2, 0) is 9.59 Å². The van der Waals surface area contributed by atoms with Crippen LogP contribution in [-0.4, -0.2) is 26.7 Å². The van der Waals surface area contributed by atoms with Crippen molar-refractivity contribution in [3.05, 3.63) is 85.0 Å². The molecule has 10 heteroatoms. The predicted molar refractivity (Wildman–Crippen MR) is 116 cm³/mol. The molecule has 162 valence electrons. The third-order valence-corrected chi connectivity index (χ3v) is 5.02. The van der Waals surface area contributed by atoms with E-state index in [9.17, 15) is 24.0 Å². The fraction of sp³-hybridized carbons (Fsp3) is 0.227. The molecule has 3 aromatic rings. The lowest BCUT2D eigenvalue weighted by atomic mass is 9.91. The minimum absolute atomic E-state index is 0.195. The Balaban J connectivity index is 2.27. The molecule has 2 unspecified atom stereocenters. The van der Waals surface area contributed by atoms with Gasteiger partial charge in [-0.15, -0.1) is 0 Å². The van der Waals surface area contributed by atoms with Crippen LogP contribution in [0.2, 0.25) is 0 Å². The van der Waals surface area contributed by atoms with E-state index in [0.717, 1.165) is 15.7 Å². The zero-order valence-corrected chi connectivity index (χ0v) is 17.3. The second-order valence-corrected chi connectivity index (χ2v) is 6.96. The Labute approximate surface area is 181 Å². The first-order chi connectivity index (χ1) is 15.4. The van der Waals surface area contributed by atoms with Crippen LogP contribution in [0.4, 0.5) is 0 Å². The topological polar surface area (TPSA) is 147 Å². The predicted octanol–water partition coefficient (Wildman–Crippen LogP) is 2.06. The molecule has 0 saturated carbocycles. The maximum atomic E-state index is 12.2. The van der Waals surface area contributed by atoms with Crippen LogP contribution in [0.1, 0.15) is 43.5 Å². The SMILES string of the molecule is CCC(N=C=O)c1cc(-n2c(=O)[nH]c(=O)[nH]c2=O)ccc1-c1cccc(C(C)N=C=O)c1. The highest BCUT2D eigenvalue weighted by molar-refractivity contribution is 5.71. The summed E-state index contributed by atoms with van der Waals surface area (Å²) in [5.74, 6) is 0. The van der Waals surface area contributed by atoms with Gasteiger partial charge in [0.2, 0.25) is 12.2 Å². The van der Waals surface area contributed by atoms with Gasteiger partial charge in [0.05, 0.1) is 17.8 Å². The lowest BCUT2D eigenvalue weighted by Gasteiger charge is -2.17.